The van der Waals surface area contributed by atoms with Crippen LogP contribution in [0.15, 0.2) is 41.9 Å². The van der Waals surface area contributed by atoms with Crippen molar-refractivity contribution in [1.29, 1.82) is 0 Å². The van der Waals surface area contributed by atoms with E-state index in [1.807, 2.05) is 30.5 Å². The Hall–Kier alpha value is -1.70. The highest BCUT2D eigenvalue weighted by atomic mass is 16.1. The van der Waals surface area contributed by atoms with E-state index in [2.05, 4.69) is 17.6 Å². The molecule has 2 rings (SSSR count). The average molecular weight is 227 g/mol. The van der Waals surface area contributed by atoms with Crippen molar-refractivity contribution < 1.29 is 4.79 Å². The fourth-order valence-corrected chi connectivity index (χ4v) is 2.39. The molecule has 1 heterocycles. The first-order valence-corrected chi connectivity index (χ1v) is 5.93. The minimum absolute atomic E-state index is 0.121. The molecule has 0 bridgehead atoms. The van der Waals surface area contributed by atoms with Crippen molar-refractivity contribution in [2.75, 3.05) is 0 Å². The van der Waals surface area contributed by atoms with Crippen molar-refractivity contribution in [2.45, 2.75) is 31.6 Å². The summed E-state index contributed by atoms with van der Waals surface area (Å²) in [6, 6.07) is 8.14. The summed E-state index contributed by atoms with van der Waals surface area (Å²) in [7, 11) is 0. The predicted molar refractivity (Wildman–Crippen MR) is 71.0 cm³/mol. The summed E-state index contributed by atoms with van der Waals surface area (Å²) in [5.41, 5.74) is 2.13. The summed E-state index contributed by atoms with van der Waals surface area (Å²) in [6.45, 7) is 5.46. The highest BCUT2D eigenvalue weighted by molar-refractivity contribution is 5.86. The Bertz CT molecular complexity index is 476. The number of para-hydroxylation sites is 1. The molecule has 2 nitrogen and oxygen atoms in total. The first-order valence-electron chi connectivity index (χ1n) is 5.93. The van der Waals surface area contributed by atoms with Crippen LogP contribution in [0.1, 0.15) is 31.7 Å². The second-order valence-electron chi connectivity index (χ2n) is 4.63. The van der Waals surface area contributed by atoms with Crippen LogP contribution < -0.4 is 0 Å². The lowest BCUT2D eigenvalue weighted by molar-refractivity contribution is -0.117. The summed E-state index contributed by atoms with van der Waals surface area (Å²) in [6.07, 6.45) is 6.14. The third kappa shape index (κ3) is 2.21. The van der Waals surface area contributed by atoms with Gasteiger partial charge < -0.3 is 4.79 Å². The van der Waals surface area contributed by atoms with Gasteiger partial charge in [0, 0.05) is 18.1 Å². The highest BCUT2D eigenvalue weighted by Crippen LogP contribution is 2.42. The van der Waals surface area contributed by atoms with Crippen molar-refractivity contribution in [1.82, 2.24) is 0 Å². The molecular formula is C15H17NO. The number of nitrogens with zero attached hydrogens (tertiary/aromatic N) is 1. The number of hydrogen-bond acceptors (Lipinski definition) is 2. The van der Waals surface area contributed by atoms with E-state index >= 15 is 0 Å². The van der Waals surface area contributed by atoms with Gasteiger partial charge in [0.1, 0.15) is 5.78 Å². The fourth-order valence-electron chi connectivity index (χ4n) is 2.39. The molecule has 1 aliphatic rings. The third-order valence-electron chi connectivity index (χ3n) is 3.32. The number of ketones is 1. The number of carbonyl (C=O) groups is 1. The van der Waals surface area contributed by atoms with Gasteiger partial charge in [-0.3, -0.25) is 4.99 Å². The zero-order valence-corrected chi connectivity index (χ0v) is 10.1. The third-order valence-corrected chi connectivity index (χ3v) is 3.32. The first kappa shape index (κ1) is 11.8. The van der Waals surface area contributed by atoms with Crippen LogP contribution in [-0.4, -0.2) is 12.0 Å². The lowest BCUT2D eigenvalue weighted by Gasteiger charge is -2.26. The van der Waals surface area contributed by atoms with Gasteiger partial charge in [-0.2, -0.15) is 0 Å². The van der Waals surface area contributed by atoms with Crippen LogP contribution in [0.2, 0.25) is 0 Å². The van der Waals surface area contributed by atoms with Crippen LogP contribution in [0.5, 0.6) is 0 Å². The maximum absolute atomic E-state index is 11.2. The summed E-state index contributed by atoms with van der Waals surface area (Å²) in [4.78, 5) is 15.7. The summed E-state index contributed by atoms with van der Waals surface area (Å²) in [5, 5.41) is 0. The number of rotatable bonds is 5. The number of allylic oxidation sites excluding steroid dienone is 1. The van der Waals surface area contributed by atoms with Gasteiger partial charge in [0.05, 0.1) is 5.69 Å². The zero-order valence-electron chi connectivity index (χ0n) is 10.1. The maximum Gasteiger partial charge on any atom is 0.129 e. The van der Waals surface area contributed by atoms with Gasteiger partial charge in [0.25, 0.3) is 0 Å². The summed E-state index contributed by atoms with van der Waals surface area (Å²) >= 11 is 0. The monoisotopic (exact) mass is 227 g/mol. The lowest BCUT2D eigenvalue weighted by Crippen LogP contribution is -2.25. The standard InChI is InChI=1S/C15H17NO/c1-3-9-15(10-8-12(2)17)11-16-14-7-5-4-6-13(14)15/h3-7,11H,1,8-10H2,2H3/t15-/m1/s1. The van der Waals surface area contributed by atoms with E-state index in [1.165, 1.54) is 5.56 Å². The minimum atomic E-state index is -0.121. The van der Waals surface area contributed by atoms with Crippen molar-refractivity contribution in [3.63, 3.8) is 0 Å². The molecule has 1 aromatic rings. The minimum Gasteiger partial charge on any atom is -0.300 e. The van der Waals surface area contributed by atoms with Gasteiger partial charge in [-0.05, 0) is 31.4 Å². The number of fused-ring (bicyclic) bond motifs is 1. The number of benzene rings is 1. The Morgan fingerprint density at radius 3 is 2.94 bits per heavy atom. The smallest absolute Gasteiger partial charge is 0.129 e. The lowest BCUT2D eigenvalue weighted by atomic mass is 9.75. The van der Waals surface area contributed by atoms with Crippen molar-refractivity contribution >= 4 is 17.7 Å². The molecule has 0 spiro atoms. The molecule has 0 amide bonds. The molecule has 0 aliphatic carbocycles. The largest absolute Gasteiger partial charge is 0.300 e. The van der Waals surface area contributed by atoms with Crippen molar-refractivity contribution in [3.8, 4) is 0 Å². The van der Waals surface area contributed by atoms with Crippen LogP contribution in [0.25, 0.3) is 0 Å². The number of hydrogen-bond donors (Lipinski definition) is 0. The molecule has 0 unspecified atom stereocenters. The van der Waals surface area contributed by atoms with Crippen molar-refractivity contribution in [3.05, 3.63) is 42.5 Å². The summed E-state index contributed by atoms with van der Waals surface area (Å²) in [5.74, 6) is 0.228. The van der Waals surface area contributed by atoms with E-state index in [9.17, 15) is 4.79 Å². The quantitative estimate of drug-likeness (QED) is 0.707. The van der Waals surface area contributed by atoms with Gasteiger partial charge in [-0.25, -0.2) is 0 Å². The Labute approximate surface area is 102 Å². The van der Waals surface area contributed by atoms with Gasteiger partial charge >= 0.3 is 0 Å². The van der Waals surface area contributed by atoms with Gasteiger partial charge in [0.2, 0.25) is 0 Å². The van der Waals surface area contributed by atoms with Gasteiger partial charge in [0.15, 0.2) is 0 Å². The Balaban J connectivity index is 2.33. The Kier molecular flexibility index (Phi) is 3.23. The molecule has 0 saturated carbocycles. The van der Waals surface area contributed by atoms with Crippen LogP contribution in [-0.2, 0) is 10.2 Å². The Morgan fingerprint density at radius 2 is 2.24 bits per heavy atom. The molecule has 1 aliphatic heterocycles. The number of aliphatic imine (C=N–C) groups is 1. The number of Topliss-reactive ketones (excluding diaryl/α,β-unsaturated/α-hetero) is 1. The van der Waals surface area contributed by atoms with Gasteiger partial charge in [-0.1, -0.05) is 24.3 Å². The SMILES string of the molecule is C=CC[C@@]1(CCC(C)=O)C=Nc2ccccc21. The molecule has 0 radical (unpaired) electrons. The maximum atomic E-state index is 11.2. The van der Waals surface area contributed by atoms with E-state index in [4.69, 9.17) is 0 Å². The second-order valence-corrected chi connectivity index (χ2v) is 4.63. The van der Waals surface area contributed by atoms with Crippen LogP contribution in [0.4, 0.5) is 5.69 Å². The molecule has 0 fully saturated rings. The molecule has 1 atom stereocenters. The van der Waals surface area contributed by atoms with E-state index in [-0.39, 0.29) is 11.2 Å². The van der Waals surface area contributed by atoms with E-state index < -0.39 is 0 Å². The van der Waals surface area contributed by atoms with Crippen LogP contribution >= 0.6 is 0 Å². The molecule has 0 N–H and O–H groups in total. The molecule has 88 valence electrons. The normalized spacial score (nSPS) is 21.2. The molecule has 0 aromatic heterocycles. The molecule has 17 heavy (non-hydrogen) atoms. The molecular weight excluding hydrogens is 210 g/mol. The molecule has 0 saturated heterocycles. The highest BCUT2D eigenvalue weighted by Gasteiger charge is 2.34. The van der Waals surface area contributed by atoms with E-state index in [1.54, 1.807) is 6.92 Å². The fraction of sp³-hybridized carbons (Fsp3) is 0.333. The molecule has 1 aromatic carbocycles. The topological polar surface area (TPSA) is 29.4 Å². The van der Waals surface area contributed by atoms with Gasteiger partial charge in [-0.15, -0.1) is 6.58 Å². The van der Waals surface area contributed by atoms with E-state index in [0.29, 0.717) is 6.42 Å². The average Bonchev–Trinajstić information content (AvgIpc) is 2.68. The number of carbonyl (C=O) groups excluding carboxylic acids is 1. The first-order chi connectivity index (χ1) is 8.18. The summed E-state index contributed by atoms with van der Waals surface area (Å²) < 4.78 is 0. The second kappa shape index (κ2) is 4.66. The van der Waals surface area contributed by atoms with Crippen LogP contribution in [0.3, 0.4) is 0 Å². The zero-order chi connectivity index (χ0) is 12.3. The van der Waals surface area contributed by atoms with Crippen LogP contribution in [0, 0.1) is 0 Å². The molecule has 2 heteroatoms. The predicted octanol–water partition coefficient (Wildman–Crippen LogP) is 3.59. The Morgan fingerprint density at radius 1 is 1.47 bits per heavy atom. The van der Waals surface area contributed by atoms with E-state index in [0.717, 1.165) is 18.5 Å². The van der Waals surface area contributed by atoms with Crippen molar-refractivity contribution in [2.24, 2.45) is 4.99 Å².